The zero-order chi connectivity index (χ0) is 22.1. The maximum Gasteiger partial charge on any atom is 0.338 e. The van der Waals surface area contributed by atoms with Crippen LogP contribution in [0.15, 0.2) is 57.6 Å². The lowest BCUT2D eigenvalue weighted by molar-refractivity contribution is -0.136. The number of rotatable bonds is 5. The molecule has 1 aliphatic heterocycles. The lowest BCUT2D eigenvalue weighted by Crippen LogP contribution is -2.39. The number of fused-ring (bicyclic) bond motifs is 1. The smallest absolute Gasteiger partial charge is 0.338 e. The van der Waals surface area contributed by atoms with E-state index in [2.05, 4.69) is 10.1 Å². The maximum atomic E-state index is 13.5. The molecule has 9 heteroatoms. The van der Waals surface area contributed by atoms with E-state index in [-0.39, 0.29) is 5.56 Å². The standard InChI is InChI=1S/C22H22N4O4S/c1-5-25-15(10-11-23-25)12-17-20(27)26-19(14-6-8-16(29-3)9-7-14)18(21(28)30-4)13(2)24-22(26)31-17/h6-12,19H,5H2,1-4H3. The monoisotopic (exact) mass is 438 g/mol. The van der Waals surface area contributed by atoms with Crippen molar-refractivity contribution in [1.82, 2.24) is 14.3 Å². The Morgan fingerprint density at radius 2 is 1.97 bits per heavy atom. The number of carbonyl (C=O) groups is 1. The van der Waals surface area contributed by atoms with Gasteiger partial charge in [-0.05, 0) is 43.7 Å². The molecule has 0 fully saturated rings. The summed E-state index contributed by atoms with van der Waals surface area (Å²) in [4.78, 5) is 31.2. The number of thiazole rings is 1. The number of allylic oxidation sites excluding steroid dienone is 1. The van der Waals surface area contributed by atoms with Gasteiger partial charge in [-0.1, -0.05) is 23.5 Å². The van der Waals surface area contributed by atoms with Gasteiger partial charge in [-0.25, -0.2) is 9.79 Å². The predicted molar refractivity (Wildman–Crippen MR) is 117 cm³/mol. The van der Waals surface area contributed by atoms with Crippen molar-refractivity contribution in [2.45, 2.75) is 26.4 Å². The molecule has 0 spiro atoms. The van der Waals surface area contributed by atoms with Gasteiger partial charge >= 0.3 is 5.97 Å². The van der Waals surface area contributed by atoms with E-state index in [0.717, 1.165) is 11.3 Å². The average molecular weight is 439 g/mol. The third-order valence-electron chi connectivity index (χ3n) is 5.19. The van der Waals surface area contributed by atoms with Gasteiger partial charge in [0.05, 0.1) is 41.8 Å². The topological polar surface area (TPSA) is 87.7 Å². The van der Waals surface area contributed by atoms with Gasteiger partial charge in [-0.3, -0.25) is 14.0 Å². The van der Waals surface area contributed by atoms with Crippen LogP contribution in [0.25, 0.3) is 6.08 Å². The molecular weight excluding hydrogens is 416 g/mol. The van der Waals surface area contributed by atoms with Crippen LogP contribution in [-0.2, 0) is 16.1 Å². The largest absolute Gasteiger partial charge is 0.497 e. The van der Waals surface area contributed by atoms with Crippen molar-refractivity contribution in [2.75, 3.05) is 14.2 Å². The Balaban J connectivity index is 1.96. The summed E-state index contributed by atoms with van der Waals surface area (Å²) in [5.41, 5.74) is 2.24. The Hall–Kier alpha value is -3.46. The van der Waals surface area contributed by atoms with E-state index in [0.29, 0.717) is 32.9 Å². The zero-order valence-electron chi connectivity index (χ0n) is 17.7. The molecule has 8 nitrogen and oxygen atoms in total. The molecule has 0 saturated heterocycles. The van der Waals surface area contributed by atoms with E-state index in [9.17, 15) is 9.59 Å². The zero-order valence-corrected chi connectivity index (χ0v) is 18.5. The Morgan fingerprint density at radius 1 is 1.23 bits per heavy atom. The van der Waals surface area contributed by atoms with Gasteiger partial charge in [0.2, 0.25) is 0 Å². The predicted octanol–water partition coefficient (Wildman–Crippen LogP) is 1.63. The van der Waals surface area contributed by atoms with Gasteiger partial charge in [0.15, 0.2) is 4.80 Å². The number of aryl methyl sites for hydroxylation is 1. The van der Waals surface area contributed by atoms with E-state index in [1.54, 1.807) is 36.9 Å². The van der Waals surface area contributed by atoms with Crippen molar-refractivity contribution in [3.63, 3.8) is 0 Å². The number of methoxy groups -OCH3 is 2. The quantitative estimate of drug-likeness (QED) is 0.565. The van der Waals surface area contributed by atoms with E-state index >= 15 is 0 Å². The van der Waals surface area contributed by atoms with Gasteiger partial charge in [-0.15, -0.1) is 0 Å². The summed E-state index contributed by atoms with van der Waals surface area (Å²) in [5.74, 6) is 0.171. The summed E-state index contributed by atoms with van der Waals surface area (Å²) in [6, 6.07) is 8.49. The van der Waals surface area contributed by atoms with Crippen molar-refractivity contribution >= 4 is 23.4 Å². The molecule has 4 rings (SSSR count). The summed E-state index contributed by atoms with van der Waals surface area (Å²) < 4.78 is 14.2. The minimum absolute atomic E-state index is 0.220. The summed E-state index contributed by atoms with van der Waals surface area (Å²) in [7, 11) is 2.91. The number of carbonyl (C=O) groups excluding carboxylic acids is 1. The first-order valence-corrected chi connectivity index (χ1v) is 10.6. The first-order chi connectivity index (χ1) is 15.0. The fourth-order valence-corrected chi connectivity index (χ4v) is 4.69. The van der Waals surface area contributed by atoms with Crippen molar-refractivity contribution in [3.8, 4) is 5.75 Å². The van der Waals surface area contributed by atoms with E-state index < -0.39 is 12.0 Å². The summed E-state index contributed by atoms with van der Waals surface area (Å²) >= 11 is 1.29. The Kier molecular flexibility index (Phi) is 5.60. The van der Waals surface area contributed by atoms with E-state index in [1.165, 1.54) is 18.4 Å². The second-order valence-electron chi connectivity index (χ2n) is 6.92. The van der Waals surface area contributed by atoms with Crippen LogP contribution in [0.4, 0.5) is 0 Å². The Morgan fingerprint density at radius 3 is 2.61 bits per heavy atom. The van der Waals surface area contributed by atoms with Gasteiger partial charge in [0, 0.05) is 12.7 Å². The number of nitrogens with zero attached hydrogens (tertiary/aromatic N) is 4. The molecule has 1 aliphatic rings. The van der Waals surface area contributed by atoms with Crippen LogP contribution in [0.5, 0.6) is 5.75 Å². The molecule has 2 aromatic heterocycles. The van der Waals surface area contributed by atoms with Crippen LogP contribution in [0.3, 0.4) is 0 Å². The van der Waals surface area contributed by atoms with Gasteiger partial charge in [0.1, 0.15) is 5.75 Å². The molecule has 0 saturated carbocycles. The van der Waals surface area contributed by atoms with Crippen molar-refractivity contribution in [1.29, 1.82) is 0 Å². The lowest BCUT2D eigenvalue weighted by atomic mass is 9.96. The molecule has 1 aromatic carbocycles. The fraction of sp³-hybridized carbons (Fsp3) is 0.273. The highest BCUT2D eigenvalue weighted by Gasteiger charge is 2.33. The van der Waals surface area contributed by atoms with Crippen LogP contribution in [0.2, 0.25) is 0 Å². The minimum atomic E-state index is -0.646. The van der Waals surface area contributed by atoms with Crippen molar-refractivity contribution < 1.29 is 14.3 Å². The molecule has 0 amide bonds. The molecule has 160 valence electrons. The second kappa shape index (κ2) is 8.35. The van der Waals surface area contributed by atoms with Gasteiger partial charge < -0.3 is 9.47 Å². The van der Waals surface area contributed by atoms with Gasteiger partial charge in [-0.2, -0.15) is 5.10 Å². The summed E-state index contributed by atoms with van der Waals surface area (Å²) in [5, 5.41) is 4.26. The normalized spacial score (nSPS) is 16.1. The van der Waals surface area contributed by atoms with E-state index in [4.69, 9.17) is 9.47 Å². The molecule has 1 atom stereocenters. The molecule has 3 heterocycles. The van der Waals surface area contributed by atoms with Crippen molar-refractivity contribution in [3.05, 3.63) is 78.7 Å². The number of benzene rings is 1. The van der Waals surface area contributed by atoms with Crippen LogP contribution >= 0.6 is 11.3 Å². The summed E-state index contributed by atoms with van der Waals surface area (Å²) in [6.07, 6.45) is 3.51. The third kappa shape index (κ3) is 3.61. The SMILES string of the molecule is CCn1nccc1C=c1sc2n(c1=O)C(c1ccc(OC)cc1)C(C(=O)OC)=C(C)N=2. The number of esters is 1. The van der Waals surface area contributed by atoms with Crippen molar-refractivity contribution in [2.24, 2.45) is 4.99 Å². The molecule has 1 unspecified atom stereocenters. The Bertz CT molecular complexity index is 1350. The van der Waals surface area contributed by atoms with Crippen LogP contribution in [0, 0.1) is 0 Å². The van der Waals surface area contributed by atoms with Crippen LogP contribution in [0.1, 0.15) is 31.1 Å². The molecule has 0 bridgehead atoms. The number of aromatic nitrogens is 3. The highest BCUT2D eigenvalue weighted by atomic mass is 32.1. The number of hydrogen-bond donors (Lipinski definition) is 0. The first kappa shape index (κ1) is 20.8. The number of hydrogen-bond acceptors (Lipinski definition) is 7. The molecule has 0 aliphatic carbocycles. The molecule has 0 radical (unpaired) electrons. The maximum absolute atomic E-state index is 13.5. The molecule has 31 heavy (non-hydrogen) atoms. The van der Waals surface area contributed by atoms with Gasteiger partial charge in [0.25, 0.3) is 5.56 Å². The first-order valence-electron chi connectivity index (χ1n) is 9.75. The number of ether oxygens (including phenoxy) is 2. The average Bonchev–Trinajstić information content (AvgIpc) is 3.36. The third-order valence-corrected chi connectivity index (χ3v) is 6.17. The lowest BCUT2D eigenvalue weighted by Gasteiger charge is -2.24. The van der Waals surface area contributed by atoms with Crippen LogP contribution < -0.4 is 19.6 Å². The fourth-order valence-electron chi connectivity index (χ4n) is 3.66. The summed E-state index contributed by atoms with van der Waals surface area (Å²) in [6.45, 7) is 4.44. The minimum Gasteiger partial charge on any atom is -0.497 e. The molecular formula is C22H22N4O4S. The second-order valence-corrected chi connectivity index (χ2v) is 7.93. The highest BCUT2D eigenvalue weighted by molar-refractivity contribution is 7.07. The highest BCUT2D eigenvalue weighted by Crippen LogP contribution is 2.31. The molecule has 0 N–H and O–H groups in total. The molecule has 3 aromatic rings. The van der Waals surface area contributed by atoms with Crippen LogP contribution in [-0.4, -0.2) is 34.5 Å². The Labute approximate surface area is 182 Å². The van der Waals surface area contributed by atoms with E-state index in [1.807, 2.05) is 35.9 Å².